The topological polar surface area (TPSA) is 70.1 Å². The number of nitrogens with zero attached hydrogens (tertiary/aromatic N) is 2. The molecule has 20 heavy (non-hydrogen) atoms. The summed E-state index contributed by atoms with van der Waals surface area (Å²) in [5.41, 5.74) is 4.99. The Hall–Kier alpha value is -1.95. The fraction of sp³-hybridized carbons (Fsp3) is 0.214. The van der Waals surface area contributed by atoms with Crippen molar-refractivity contribution in [3.05, 3.63) is 51.8 Å². The van der Waals surface area contributed by atoms with Crippen LogP contribution < -0.4 is 5.43 Å². The van der Waals surface area contributed by atoms with Gasteiger partial charge in [0.2, 0.25) is 0 Å². The zero-order valence-electron chi connectivity index (χ0n) is 11.2. The Kier molecular flexibility index (Phi) is 4.68. The molecule has 0 radical (unpaired) electrons. The predicted molar refractivity (Wildman–Crippen MR) is 81.9 cm³/mol. The number of carbonyl (C=O) groups is 1. The Morgan fingerprint density at radius 3 is 2.65 bits per heavy atom. The van der Waals surface area contributed by atoms with Crippen LogP contribution in [0.4, 0.5) is 0 Å². The van der Waals surface area contributed by atoms with Crippen LogP contribution >= 0.6 is 15.9 Å². The summed E-state index contributed by atoms with van der Waals surface area (Å²) >= 11 is 3.22. The third kappa shape index (κ3) is 3.54. The largest absolute Gasteiger partial charge is 0.290 e. The van der Waals surface area contributed by atoms with Gasteiger partial charge in [-0.15, -0.1) is 0 Å². The molecule has 2 N–H and O–H groups in total. The van der Waals surface area contributed by atoms with E-state index in [-0.39, 0.29) is 5.91 Å². The van der Waals surface area contributed by atoms with E-state index in [9.17, 15) is 4.79 Å². The van der Waals surface area contributed by atoms with E-state index in [0.717, 1.165) is 5.56 Å². The molecule has 0 saturated heterocycles. The highest BCUT2D eigenvalue weighted by molar-refractivity contribution is 9.10. The molecule has 0 aliphatic rings. The summed E-state index contributed by atoms with van der Waals surface area (Å²) in [5.74, 6) is 0.155. The number of carbonyl (C=O) groups excluding carboxylic acids is 1. The van der Waals surface area contributed by atoms with Crippen molar-refractivity contribution in [2.75, 3.05) is 0 Å². The summed E-state index contributed by atoms with van der Waals surface area (Å²) in [4.78, 5) is 11.7. The van der Waals surface area contributed by atoms with Crippen LogP contribution in [0.3, 0.4) is 0 Å². The molecule has 1 aromatic carbocycles. The van der Waals surface area contributed by atoms with E-state index in [1.165, 1.54) is 11.8 Å². The number of rotatable bonds is 4. The first kappa shape index (κ1) is 14.5. The molecule has 1 aromatic heterocycles. The minimum Gasteiger partial charge on any atom is -0.272 e. The van der Waals surface area contributed by atoms with Crippen LogP contribution in [0.25, 0.3) is 0 Å². The van der Waals surface area contributed by atoms with Gasteiger partial charge in [0, 0.05) is 0 Å². The molecule has 104 valence electrons. The van der Waals surface area contributed by atoms with Gasteiger partial charge in [-0.3, -0.25) is 9.89 Å². The summed E-state index contributed by atoms with van der Waals surface area (Å²) in [6, 6.07) is 8.05. The number of aromatic amines is 1. The molecule has 0 fully saturated rings. The van der Waals surface area contributed by atoms with Gasteiger partial charge >= 0.3 is 0 Å². The van der Waals surface area contributed by atoms with Gasteiger partial charge in [0.05, 0.1) is 16.9 Å². The monoisotopic (exact) mass is 334 g/mol. The molecule has 5 nitrogen and oxygen atoms in total. The van der Waals surface area contributed by atoms with Gasteiger partial charge in [-0.1, -0.05) is 38.1 Å². The quantitative estimate of drug-likeness (QED) is 0.666. The van der Waals surface area contributed by atoms with E-state index in [0.29, 0.717) is 16.1 Å². The number of amides is 1. The summed E-state index contributed by atoms with van der Waals surface area (Å²) < 4.78 is 0.603. The Bertz CT molecular complexity index is 616. The molecular formula is C14H15BrN4O. The van der Waals surface area contributed by atoms with Crippen LogP contribution in [0.2, 0.25) is 0 Å². The zero-order chi connectivity index (χ0) is 14.5. The first-order chi connectivity index (χ1) is 9.58. The second-order valence-corrected chi connectivity index (χ2v) is 5.47. The highest BCUT2D eigenvalue weighted by Crippen LogP contribution is 2.14. The van der Waals surface area contributed by atoms with Crippen molar-refractivity contribution in [1.29, 1.82) is 0 Å². The molecule has 1 amide bonds. The summed E-state index contributed by atoms with van der Waals surface area (Å²) in [5, 5.41) is 10.3. The first-order valence-electron chi connectivity index (χ1n) is 6.20. The molecule has 0 saturated carbocycles. The minimum absolute atomic E-state index is 0.343. The molecule has 0 aliphatic heterocycles. The van der Waals surface area contributed by atoms with E-state index in [1.54, 1.807) is 6.21 Å². The van der Waals surface area contributed by atoms with E-state index in [1.807, 2.05) is 12.1 Å². The number of hydrogen-bond acceptors (Lipinski definition) is 3. The Morgan fingerprint density at radius 2 is 2.10 bits per heavy atom. The summed E-state index contributed by atoms with van der Waals surface area (Å²) in [6.07, 6.45) is 3.12. The van der Waals surface area contributed by atoms with Crippen LogP contribution in [-0.4, -0.2) is 22.3 Å². The van der Waals surface area contributed by atoms with Crippen molar-refractivity contribution in [3.8, 4) is 0 Å². The van der Waals surface area contributed by atoms with Crippen molar-refractivity contribution in [1.82, 2.24) is 15.6 Å². The maximum Gasteiger partial charge on any atom is 0.290 e. The van der Waals surface area contributed by atoms with Gasteiger partial charge in [-0.05, 0) is 33.0 Å². The Balaban J connectivity index is 1.96. The molecule has 2 rings (SSSR count). The smallest absolute Gasteiger partial charge is 0.272 e. The van der Waals surface area contributed by atoms with Crippen LogP contribution in [0.5, 0.6) is 0 Å². The lowest BCUT2D eigenvalue weighted by Gasteiger charge is -2.04. The molecule has 2 aromatic rings. The molecule has 0 unspecified atom stereocenters. The van der Waals surface area contributed by atoms with Crippen molar-refractivity contribution >= 4 is 28.1 Å². The number of halogens is 1. The predicted octanol–water partition coefficient (Wildman–Crippen LogP) is 3.06. The lowest BCUT2D eigenvalue weighted by atomic mass is 10.0. The van der Waals surface area contributed by atoms with Crippen molar-refractivity contribution < 1.29 is 4.79 Å². The minimum atomic E-state index is -0.343. The third-order valence-corrected chi connectivity index (χ3v) is 3.40. The van der Waals surface area contributed by atoms with E-state index >= 15 is 0 Å². The molecular weight excluding hydrogens is 320 g/mol. The number of hydrogen-bond donors (Lipinski definition) is 2. The molecule has 1 heterocycles. The molecule has 0 spiro atoms. The average molecular weight is 335 g/mol. The van der Waals surface area contributed by atoms with Gasteiger partial charge in [0.15, 0.2) is 0 Å². The molecule has 0 bridgehead atoms. The maximum atomic E-state index is 11.7. The standard InChI is InChI=1S/C14H15BrN4O/c1-9(2)11-5-3-10(4-6-11)7-16-19-14(20)13-12(15)8-17-18-13/h3-9H,1-2H3,(H,17,18)(H,19,20)/b16-7+. The van der Waals surface area contributed by atoms with Crippen LogP contribution in [-0.2, 0) is 0 Å². The number of H-pyrrole nitrogens is 1. The SMILES string of the molecule is CC(C)c1ccc(/C=N/NC(=O)c2[nH]ncc2Br)cc1. The van der Waals surface area contributed by atoms with Gasteiger partial charge < -0.3 is 0 Å². The van der Waals surface area contributed by atoms with Gasteiger partial charge in [0.1, 0.15) is 5.69 Å². The number of nitrogens with one attached hydrogen (secondary N) is 2. The van der Waals surface area contributed by atoms with Crippen LogP contribution in [0, 0.1) is 0 Å². The third-order valence-electron chi connectivity index (χ3n) is 2.80. The Labute approximate surface area is 125 Å². The fourth-order valence-electron chi connectivity index (χ4n) is 1.62. The molecule has 0 aliphatic carbocycles. The van der Waals surface area contributed by atoms with Gasteiger partial charge in [-0.25, -0.2) is 5.43 Å². The Morgan fingerprint density at radius 1 is 1.40 bits per heavy atom. The summed E-state index contributed by atoms with van der Waals surface area (Å²) in [6.45, 7) is 4.29. The molecule has 0 atom stereocenters. The number of aromatic nitrogens is 2. The van der Waals surface area contributed by atoms with Crippen LogP contribution in [0.1, 0.15) is 41.4 Å². The number of hydrazone groups is 1. The van der Waals surface area contributed by atoms with E-state index in [4.69, 9.17) is 0 Å². The lowest BCUT2D eigenvalue weighted by molar-refractivity contribution is 0.0949. The van der Waals surface area contributed by atoms with Gasteiger partial charge in [-0.2, -0.15) is 10.2 Å². The fourth-order valence-corrected chi connectivity index (χ4v) is 1.99. The second kappa shape index (κ2) is 6.47. The second-order valence-electron chi connectivity index (χ2n) is 4.61. The number of benzene rings is 1. The van der Waals surface area contributed by atoms with Crippen LogP contribution in [0.15, 0.2) is 40.0 Å². The first-order valence-corrected chi connectivity index (χ1v) is 6.99. The normalized spacial score (nSPS) is 11.2. The van der Waals surface area contributed by atoms with Crippen molar-refractivity contribution in [3.63, 3.8) is 0 Å². The van der Waals surface area contributed by atoms with Crippen molar-refractivity contribution in [2.45, 2.75) is 19.8 Å². The van der Waals surface area contributed by atoms with E-state index < -0.39 is 0 Å². The van der Waals surface area contributed by atoms with Gasteiger partial charge in [0.25, 0.3) is 5.91 Å². The lowest BCUT2D eigenvalue weighted by Crippen LogP contribution is -2.18. The zero-order valence-corrected chi connectivity index (χ0v) is 12.8. The highest BCUT2D eigenvalue weighted by Gasteiger charge is 2.10. The van der Waals surface area contributed by atoms with E-state index in [2.05, 4.69) is 62.6 Å². The molecule has 6 heteroatoms. The highest BCUT2D eigenvalue weighted by atomic mass is 79.9. The maximum absolute atomic E-state index is 11.7. The average Bonchev–Trinajstić information content (AvgIpc) is 2.85. The summed E-state index contributed by atoms with van der Waals surface area (Å²) in [7, 11) is 0. The van der Waals surface area contributed by atoms with Crippen molar-refractivity contribution in [2.24, 2.45) is 5.10 Å².